The van der Waals surface area contributed by atoms with Gasteiger partial charge >= 0.3 is 6.09 Å². The number of hydrogen-bond acceptors (Lipinski definition) is 2. The number of ether oxygens (including phenoxy) is 1. The molecule has 1 rings (SSSR count). The summed E-state index contributed by atoms with van der Waals surface area (Å²) in [4.78, 5) is 11.4. The fourth-order valence-corrected chi connectivity index (χ4v) is 1.60. The number of hydrogen-bond donors (Lipinski definition) is 1. The van der Waals surface area contributed by atoms with Crippen molar-refractivity contribution in [3.63, 3.8) is 0 Å². The molecule has 0 saturated carbocycles. The van der Waals surface area contributed by atoms with E-state index < -0.39 is 0 Å². The molecule has 1 N–H and O–H groups in total. The van der Waals surface area contributed by atoms with Crippen LogP contribution in [-0.4, -0.2) is 12.7 Å². The quantitative estimate of drug-likeness (QED) is 0.728. The van der Waals surface area contributed by atoms with E-state index in [-0.39, 0.29) is 6.09 Å². The van der Waals surface area contributed by atoms with Crippen LogP contribution in [0.3, 0.4) is 0 Å². The second-order valence-electron chi connectivity index (χ2n) is 4.41. The van der Waals surface area contributed by atoms with Gasteiger partial charge in [0.15, 0.2) is 0 Å². The second-order valence-corrected chi connectivity index (χ2v) is 4.41. The molecule has 1 aromatic rings. The summed E-state index contributed by atoms with van der Waals surface area (Å²) in [5.74, 6) is 0. The van der Waals surface area contributed by atoms with Crippen LogP contribution in [-0.2, 0) is 11.2 Å². The molecule has 0 unspecified atom stereocenters. The normalized spacial score (nSPS) is 10.1. The van der Waals surface area contributed by atoms with E-state index >= 15 is 0 Å². The molecule has 0 spiro atoms. The second kappa shape index (κ2) is 8.56. The fourth-order valence-electron chi connectivity index (χ4n) is 1.60. The van der Waals surface area contributed by atoms with E-state index in [9.17, 15) is 4.79 Å². The molecule has 0 aliphatic heterocycles. The van der Waals surface area contributed by atoms with E-state index in [0.717, 1.165) is 24.9 Å². The number of carbonyl (C=O) groups is 1. The van der Waals surface area contributed by atoms with E-state index in [0.29, 0.717) is 6.61 Å². The standard InChI is InChI=1S/C15H23NO2/c1-3-5-7-13-8-10-14(11-9-13)16-15(17)18-12-6-4-2/h8-11H,3-7,12H2,1-2H3,(H,16,17). The Morgan fingerprint density at radius 3 is 2.39 bits per heavy atom. The summed E-state index contributed by atoms with van der Waals surface area (Å²) in [6, 6.07) is 7.95. The first-order valence-electron chi connectivity index (χ1n) is 6.79. The Hall–Kier alpha value is -1.51. The summed E-state index contributed by atoms with van der Waals surface area (Å²) < 4.78 is 5.03. The highest BCUT2D eigenvalue weighted by Gasteiger charge is 2.02. The van der Waals surface area contributed by atoms with Crippen LogP contribution in [0.1, 0.15) is 45.1 Å². The summed E-state index contributed by atoms with van der Waals surface area (Å²) in [5.41, 5.74) is 2.10. The zero-order chi connectivity index (χ0) is 13.2. The van der Waals surface area contributed by atoms with Gasteiger partial charge in [-0.1, -0.05) is 38.8 Å². The lowest BCUT2D eigenvalue weighted by atomic mass is 10.1. The molecule has 0 heterocycles. The van der Waals surface area contributed by atoms with Crippen molar-refractivity contribution in [1.29, 1.82) is 0 Å². The summed E-state index contributed by atoms with van der Waals surface area (Å²) in [6.45, 7) is 4.73. The van der Waals surface area contributed by atoms with Gasteiger partial charge in [0.25, 0.3) is 0 Å². The Balaban J connectivity index is 2.35. The Labute approximate surface area is 110 Å². The van der Waals surface area contributed by atoms with Gasteiger partial charge in [-0.15, -0.1) is 0 Å². The van der Waals surface area contributed by atoms with Crippen molar-refractivity contribution in [3.8, 4) is 0 Å². The predicted molar refractivity (Wildman–Crippen MR) is 74.9 cm³/mol. The van der Waals surface area contributed by atoms with Crippen molar-refractivity contribution >= 4 is 11.8 Å². The molecule has 0 saturated heterocycles. The summed E-state index contributed by atoms with van der Waals surface area (Å²) >= 11 is 0. The lowest BCUT2D eigenvalue weighted by molar-refractivity contribution is 0.160. The third-order valence-corrected chi connectivity index (χ3v) is 2.75. The lowest BCUT2D eigenvalue weighted by Crippen LogP contribution is -2.14. The fraction of sp³-hybridized carbons (Fsp3) is 0.533. The first kappa shape index (κ1) is 14.6. The minimum Gasteiger partial charge on any atom is -0.449 e. The minimum atomic E-state index is -0.371. The molecule has 0 aromatic heterocycles. The van der Waals surface area contributed by atoms with Gasteiger partial charge in [0.05, 0.1) is 6.61 Å². The molecule has 3 nitrogen and oxygen atoms in total. The number of unbranched alkanes of at least 4 members (excludes halogenated alkanes) is 2. The highest BCUT2D eigenvalue weighted by molar-refractivity contribution is 5.84. The minimum absolute atomic E-state index is 0.371. The largest absolute Gasteiger partial charge is 0.449 e. The van der Waals surface area contributed by atoms with Crippen LogP contribution in [0.25, 0.3) is 0 Å². The van der Waals surface area contributed by atoms with Crippen molar-refractivity contribution in [2.75, 3.05) is 11.9 Å². The zero-order valence-corrected chi connectivity index (χ0v) is 11.4. The number of aryl methyl sites for hydroxylation is 1. The maximum atomic E-state index is 11.4. The molecule has 0 bridgehead atoms. The number of amides is 1. The van der Waals surface area contributed by atoms with Crippen molar-refractivity contribution in [3.05, 3.63) is 29.8 Å². The average Bonchev–Trinajstić information content (AvgIpc) is 2.38. The van der Waals surface area contributed by atoms with Crippen LogP contribution >= 0.6 is 0 Å². The van der Waals surface area contributed by atoms with Gasteiger partial charge in [0.1, 0.15) is 0 Å². The zero-order valence-electron chi connectivity index (χ0n) is 11.4. The molecule has 0 fully saturated rings. The summed E-state index contributed by atoms with van der Waals surface area (Å²) in [5, 5.41) is 2.72. The van der Waals surface area contributed by atoms with Crippen molar-refractivity contribution in [1.82, 2.24) is 0 Å². The van der Waals surface area contributed by atoms with Crippen LogP contribution < -0.4 is 5.32 Å². The first-order chi connectivity index (χ1) is 8.76. The monoisotopic (exact) mass is 249 g/mol. The molecule has 18 heavy (non-hydrogen) atoms. The van der Waals surface area contributed by atoms with Crippen LogP contribution in [0, 0.1) is 0 Å². The molecule has 0 aliphatic carbocycles. The van der Waals surface area contributed by atoms with Gasteiger partial charge in [-0.2, -0.15) is 0 Å². The van der Waals surface area contributed by atoms with Crippen molar-refractivity contribution in [2.24, 2.45) is 0 Å². The number of nitrogens with one attached hydrogen (secondary N) is 1. The molecule has 1 aromatic carbocycles. The number of rotatable bonds is 7. The highest BCUT2D eigenvalue weighted by atomic mass is 16.5. The number of carbonyl (C=O) groups excluding carboxylic acids is 1. The highest BCUT2D eigenvalue weighted by Crippen LogP contribution is 2.12. The molecule has 0 atom stereocenters. The topological polar surface area (TPSA) is 38.3 Å². The Bertz CT molecular complexity index is 346. The van der Waals surface area contributed by atoms with Gasteiger partial charge in [-0.05, 0) is 37.0 Å². The predicted octanol–water partition coefficient (Wildman–Crippen LogP) is 4.38. The van der Waals surface area contributed by atoms with Gasteiger partial charge < -0.3 is 4.74 Å². The molecule has 1 amide bonds. The average molecular weight is 249 g/mol. The smallest absolute Gasteiger partial charge is 0.411 e. The van der Waals surface area contributed by atoms with E-state index in [1.54, 1.807) is 0 Å². The van der Waals surface area contributed by atoms with E-state index in [2.05, 4.69) is 31.3 Å². The van der Waals surface area contributed by atoms with E-state index in [4.69, 9.17) is 4.74 Å². The summed E-state index contributed by atoms with van der Waals surface area (Å²) in [6.07, 6.45) is 5.06. The van der Waals surface area contributed by atoms with Crippen LogP contribution in [0.15, 0.2) is 24.3 Å². The van der Waals surface area contributed by atoms with Gasteiger partial charge in [0, 0.05) is 5.69 Å². The molecule has 0 aliphatic rings. The Morgan fingerprint density at radius 2 is 1.78 bits per heavy atom. The van der Waals surface area contributed by atoms with E-state index in [1.165, 1.54) is 18.4 Å². The maximum absolute atomic E-state index is 11.4. The Morgan fingerprint density at radius 1 is 1.11 bits per heavy atom. The third kappa shape index (κ3) is 5.71. The molecular weight excluding hydrogens is 226 g/mol. The maximum Gasteiger partial charge on any atom is 0.411 e. The molecule has 0 radical (unpaired) electrons. The number of anilines is 1. The van der Waals surface area contributed by atoms with E-state index in [1.807, 2.05) is 12.1 Å². The third-order valence-electron chi connectivity index (χ3n) is 2.75. The van der Waals surface area contributed by atoms with Gasteiger partial charge in [-0.25, -0.2) is 4.79 Å². The van der Waals surface area contributed by atoms with Crippen molar-refractivity contribution < 1.29 is 9.53 Å². The lowest BCUT2D eigenvalue weighted by Gasteiger charge is -2.07. The SMILES string of the molecule is CCCCOC(=O)Nc1ccc(CCCC)cc1. The van der Waals surface area contributed by atoms with Gasteiger partial charge in [-0.3, -0.25) is 5.32 Å². The Kier molecular flexibility index (Phi) is 6.92. The van der Waals surface area contributed by atoms with Crippen molar-refractivity contribution in [2.45, 2.75) is 46.0 Å². The molecular formula is C15H23NO2. The number of benzene rings is 1. The summed E-state index contributed by atoms with van der Waals surface area (Å²) in [7, 11) is 0. The molecule has 100 valence electrons. The first-order valence-corrected chi connectivity index (χ1v) is 6.79. The van der Waals surface area contributed by atoms with Crippen LogP contribution in [0.5, 0.6) is 0 Å². The van der Waals surface area contributed by atoms with Crippen LogP contribution in [0.4, 0.5) is 10.5 Å². The van der Waals surface area contributed by atoms with Gasteiger partial charge in [0.2, 0.25) is 0 Å². The van der Waals surface area contributed by atoms with Crippen LogP contribution in [0.2, 0.25) is 0 Å². The molecule has 3 heteroatoms.